The molecule has 9 nitrogen and oxygen atoms in total. The van der Waals surface area contributed by atoms with Gasteiger partial charge in [0.2, 0.25) is 0 Å². The van der Waals surface area contributed by atoms with Crippen molar-refractivity contribution in [3.05, 3.63) is 36.4 Å². The van der Waals surface area contributed by atoms with E-state index in [2.05, 4.69) is 15.1 Å². The van der Waals surface area contributed by atoms with E-state index in [1.54, 1.807) is 100 Å². The second-order valence-electron chi connectivity index (χ2n) is 7.75. The molecule has 0 N–H and O–H groups in total. The van der Waals surface area contributed by atoms with Crippen LogP contribution in [0.2, 0.25) is 0 Å². The van der Waals surface area contributed by atoms with Gasteiger partial charge < -0.3 is 0 Å². The van der Waals surface area contributed by atoms with Crippen LogP contribution in [-0.2, 0) is 0 Å². The molecule has 0 fully saturated rings. The Morgan fingerprint density at radius 1 is 0.368 bits per heavy atom. The second kappa shape index (κ2) is 12.6. The average Bonchev–Trinajstić information content (AvgIpc) is 2.97. The van der Waals surface area contributed by atoms with Crippen LogP contribution >= 0.6 is 5.51 Å². The molecule has 0 aromatic heterocycles. The number of rotatable bonds is 12. The van der Waals surface area contributed by atoms with Crippen molar-refractivity contribution in [1.29, 1.82) is 0 Å². The van der Waals surface area contributed by atoms with Gasteiger partial charge in [0.25, 0.3) is 0 Å². The van der Waals surface area contributed by atoms with E-state index in [9.17, 15) is 0 Å². The van der Waals surface area contributed by atoms with Crippen LogP contribution in [0.15, 0.2) is 36.4 Å². The van der Waals surface area contributed by atoms with E-state index in [-0.39, 0.29) is 0 Å². The molecule has 0 radical (unpaired) electrons. The molecule has 0 saturated carbocycles. The Bertz CT molecular complexity index is 1110. The minimum absolute atomic E-state index is 0.521. The fourth-order valence-electron chi connectivity index (χ4n) is 4.23. The normalized spacial score (nSPS) is 10.9. The predicted molar refractivity (Wildman–Crippen MR) is 150 cm³/mol. The number of hydrogen-bond acceptors (Lipinski definition) is 9. The van der Waals surface area contributed by atoms with Gasteiger partial charge in [0.15, 0.2) is 0 Å². The van der Waals surface area contributed by atoms with Gasteiger partial charge >= 0.3 is 231 Å². The van der Waals surface area contributed by atoms with Crippen LogP contribution in [-0.4, -0.2) is 79.1 Å². The van der Waals surface area contributed by atoms with Gasteiger partial charge in [0.1, 0.15) is 0 Å². The summed E-state index contributed by atoms with van der Waals surface area (Å²) >= 11 is 3.51. The third-order valence-corrected chi connectivity index (χ3v) is 12.7. The first kappa shape index (κ1) is 29.4. The van der Waals surface area contributed by atoms with Gasteiger partial charge in [-0.15, -0.1) is 0 Å². The van der Waals surface area contributed by atoms with E-state index < -0.39 is 5.51 Å². The minimum atomic E-state index is -2.98. The van der Waals surface area contributed by atoms with E-state index in [0.29, 0.717) is 67.7 Å². The fourth-order valence-corrected chi connectivity index (χ4v) is 11.1. The molecule has 3 aromatic carbocycles. The maximum absolute atomic E-state index is 5.94. The van der Waals surface area contributed by atoms with E-state index >= 15 is 0 Å². The number of hydrogen-bond donors (Lipinski definition) is 0. The van der Waals surface area contributed by atoms with Crippen LogP contribution in [0.3, 0.4) is 0 Å². The van der Waals surface area contributed by atoms with Gasteiger partial charge in [-0.2, -0.15) is 0 Å². The van der Waals surface area contributed by atoms with Crippen LogP contribution in [0.25, 0.3) is 0 Å². The average molecular weight is 611 g/mol. The monoisotopic (exact) mass is 612 g/mol. The first-order valence-electron chi connectivity index (χ1n) is 11.3. The third-order valence-electron chi connectivity index (χ3n) is 6.01. The molecule has 0 bridgehead atoms. The van der Waals surface area contributed by atoms with E-state index in [0.717, 1.165) is 0 Å². The predicted octanol–water partition coefficient (Wildman–Crippen LogP) is 3.14. The van der Waals surface area contributed by atoms with E-state index in [1.165, 1.54) is 0 Å². The Hall–Kier alpha value is -3.19. The van der Waals surface area contributed by atoms with Crippen molar-refractivity contribution in [3.8, 4) is 51.7 Å². The Labute approximate surface area is 231 Å². The number of benzene rings is 3. The Morgan fingerprint density at radius 2 is 0.553 bits per heavy atom. The van der Waals surface area contributed by atoms with Crippen LogP contribution in [0, 0.1) is 0 Å². The molecule has 38 heavy (non-hydrogen) atoms. The molecule has 11 heteroatoms. The molecule has 0 unspecified atom stereocenters. The van der Waals surface area contributed by atoms with Crippen molar-refractivity contribution in [2.45, 2.75) is 0 Å². The molecule has 0 spiro atoms. The summed E-state index contributed by atoms with van der Waals surface area (Å²) in [4.78, 5) is 0. The van der Waals surface area contributed by atoms with E-state index in [4.69, 9.17) is 42.6 Å². The first-order valence-corrected chi connectivity index (χ1v) is 15.3. The van der Waals surface area contributed by atoms with Crippen molar-refractivity contribution >= 4 is 36.5 Å². The van der Waals surface area contributed by atoms with Crippen LogP contribution in [0.1, 0.15) is 0 Å². The molecular weight excluding hydrogens is 578 g/mol. The molecule has 0 aliphatic heterocycles. The van der Waals surface area contributed by atoms with Crippen molar-refractivity contribution in [2.75, 3.05) is 64.0 Å². The Morgan fingerprint density at radius 3 is 0.684 bits per heavy atom. The Kier molecular flexibility index (Phi) is 9.71. The van der Waals surface area contributed by atoms with Gasteiger partial charge in [-0.05, 0) is 0 Å². The van der Waals surface area contributed by atoms with Gasteiger partial charge in [-0.3, -0.25) is 0 Å². The zero-order valence-corrected chi connectivity index (χ0v) is 25.6. The van der Waals surface area contributed by atoms with E-state index in [1.807, 2.05) is 0 Å². The quantitative estimate of drug-likeness (QED) is 0.227. The molecule has 0 saturated heterocycles. The molecule has 3 aromatic rings. The maximum atomic E-state index is 5.94. The topological polar surface area (TPSA) is 83.1 Å². The summed E-state index contributed by atoms with van der Waals surface area (Å²) < 4.78 is 52.2. The van der Waals surface area contributed by atoms with Crippen LogP contribution < -0.4 is 58.5 Å². The number of ether oxygens (including phenoxy) is 9. The van der Waals surface area contributed by atoms with Crippen molar-refractivity contribution in [1.82, 2.24) is 0 Å². The SMILES string of the molecule is COc1cc(OC)c(P(=[Se])(c2c(OC)cc(OC)cc2OC)c2c(OC)cc(OC)cc2OC)c(OC)c1. The zero-order chi connectivity index (χ0) is 28.0. The molecule has 0 amide bonds. The summed E-state index contributed by atoms with van der Waals surface area (Å²) in [5, 5.41) is 2.14. The summed E-state index contributed by atoms with van der Waals surface area (Å²) in [5.41, 5.74) is -2.98. The molecule has 3 rings (SSSR count). The molecule has 0 heterocycles. The van der Waals surface area contributed by atoms with Gasteiger partial charge in [0, 0.05) is 0 Å². The summed E-state index contributed by atoms with van der Waals surface area (Å²) in [5.74, 6) is 4.83. The molecule has 0 aliphatic rings. The van der Waals surface area contributed by atoms with Crippen LogP contribution in [0.5, 0.6) is 51.7 Å². The summed E-state index contributed by atoms with van der Waals surface area (Å²) in [6.45, 7) is 0. The number of methoxy groups -OCH3 is 9. The van der Waals surface area contributed by atoms with Gasteiger partial charge in [-0.25, -0.2) is 0 Å². The zero-order valence-electron chi connectivity index (χ0n) is 23.0. The molecule has 0 atom stereocenters. The van der Waals surface area contributed by atoms with Crippen LogP contribution in [0.4, 0.5) is 0 Å². The fraction of sp³-hybridized carbons (Fsp3) is 0.333. The van der Waals surface area contributed by atoms with Crippen molar-refractivity contribution in [3.63, 3.8) is 0 Å². The first-order chi connectivity index (χ1) is 18.3. The molecule has 0 aliphatic carbocycles. The van der Waals surface area contributed by atoms with Gasteiger partial charge in [-0.1, -0.05) is 0 Å². The van der Waals surface area contributed by atoms with Gasteiger partial charge in [0.05, 0.1) is 0 Å². The third kappa shape index (κ3) is 5.08. The molecule has 206 valence electrons. The molecular formula is C27H33O9PSe. The van der Waals surface area contributed by atoms with Crippen molar-refractivity contribution in [2.24, 2.45) is 0 Å². The summed E-state index contributed by atoms with van der Waals surface area (Å²) in [6, 6.07) is 10.8. The second-order valence-corrected chi connectivity index (χ2v) is 13.8. The summed E-state index contributed by atoms with van der Waals surface area (Å²) in [7, 11) is 14.3. The van der Waals surface area contributed by atoms with Crippen molar-refractivity contribution < 1.29 is 42.6 Å². The summed E-state index contributed by atoms with van der Waals surface area (Å²) in [6.07, 6.45) is 0. The standard InChI is InChI=1S/C27H33O9PSe/c1-28-16-10-19(31-4)25(20(11-16)32-5)37(38,26-21(33-6)12-17(29-2)13-22(26)34-7)27-23(35-8)14-18(30-3)15-24(27)36-9/h10-15H,1-9H3. The Balaban J connectivity index is 2.70.